The van der Waals surface area contributed by atoms with Crippen LogP contribution in [0.1, 0.15) is 34.7 Å². The van der Waals surface area contributed by atoms with Crippen LogP contribution in [0, 0.1) is 0 Å². The number of carbonyl (C=O) groups is 3. The van der Waals surface area contributed by atoms with E-state index in [0.717, 1.165) is 5.56 Å². The van der Waals surface area contributed by atoms with E-state index in [4.69, 9.17) is 21.1 Å². The van der Waals surface area contributed by atoms with Gasteiger partial charge in [-0.25, -0.2) is 14.4 Å². The Morgan fingerprint density at radius 3 is 2.52 bits per heavy atom. The predicted molar refractivity (Wildman–Crippen MR) is 123 cm³/mol. The zero-order valence-electron chi connectivity index (χ0n) is 18.1. The molecule has 33 heavy (non-hydrogen) atoms. The zero-order chi connectivity index (χ0) is 23.6. The molecule has 2 aromatic carbocycles. The predicted octanol–water partition coefficient (Wildman–Crippen LogP) is 4.29. The second kappa shape index (κ2) is 9.07. The lowest BCUT2D eigenvalue weighted by Crippen LogP contribution is -2.63. The molecular formula is C24H22ClN3O5. The standard InChI is InChI=1S/C24H22ClN3O5/c1-32-21(29)14-7-8-18-15(9-14)12-26-13-20(18)27-23(31)28-24(22(30)33-2)10-16(11-24)17-5-3-4-6-19(17)25/h3-9,12-13,16H,10-11H2,1-2H3,(H2,27,28,31). The molecule has 170 valence electrons. The minimum absolute atomic E-state index is 0.0223. The minimum Gasteiger partial charge on any atom is -0.467 e. The van der Waals surface area contributed by atoms with Crippen LogP contribution in [-0.4, -0.2) is 42.7 Å². The first-order valence-corrected chi connectivity index (χ1v) is 10.6. The van der Waals surface area contributed by atoms with Gasteiger partial charge in [-0.2, -0.15) is 0 Å². The highest BCUT2D eigenvalue weighted by Crippen LogP contribution is 2.47. The van der Waals surface area contributed by atoms with E-state index in [0.29, 0.717) is 39.9 Å². The number of pyridine rings is 1. The van der Waals surface area contributed by atoms with Crippen LogP contribution in [0.25, 0.3) is 10.8 Å². The summed E-state index contributed by atoms with van der Waals surface area (Å²) in [6.07, 6.45) is 3.82. The molecule has 0 saturated heterocycles. The van der Waals surface area contributed by atoms with Gasteiger partial charge in [0.2, 0.25) is 0 Å². The van der Waals surface area contributed by atoms with Gasteiger partial charge in [-0.3, -0.25) is 4.98 Å². The second-order valence-electron chi connectivity index (χ2n) is 7.89. The number of nitrogens with zero attached hydrogens (tertiary/aromatic N) is 1. The molecule has 1 aliphatic rings. The maximum absolute atomic E-state index is 12.9. The third kappa shape index (κ3) is 4.34. The highest BCUT2D eigenvalue weighted by Gasteiger charge is 2.53. The summed E-state index contributed by atoms with van der Waals surface area (Å²) in [5, 5.41) is 7.50. The average Bonchev–Trinajstić information content (AvgIpc) is 2.80. The Balaban J connectivity index is 1.52. The molecule has 0 bridgehead atoms. The summed E-state index contributed by atoms with van der Waals surface area (Å²) in [6, 6.07) is 11.8. The summed E-state index contributed by atoms with van der Waals surface area (Å²) in [4.78, 5) is 41.3. The van der Waals surface area contributed by atoms with Gasteiger partial charge in [-0.05, 0) is 42.5 Å². The average molecular weight is 468 g/mol. The monoisotopic (exact) mass is 467 g/mol. The second-order valence-corrected chi connectivity index (χ2v) is 8.30. The number of esters is 2. The fourth-order valence-corrected chi connectivity index (χ4v) is 4.50. The maximum atomic E-state index is 12.9. The number of rotatable bonds is 5. The molecule has 0 atom stereocenters. The molecule has 0 aliphatic heterocycles. The van der Waals surface area contributed by atoms with Gasteiger partial charge >= 0.3 is 18.0 Å². The molecule has 2 N–H and O–H groups in total. The van der Waals surface area contributed by atoms with E-state index in [1.54, 1.807) is 30.5 Å². The van der Waals surface area contributed by atoms with Gasteiger partial charge in [0.05, 0.1) is 31.7 Å². The highest BCUT2D eigenvalue weighted by molar-refractivity contribution is 6.31. The quantitative estimate of drug-likeness (QED) is 0.542. The molecule has 3 aromatic rings. The van der Waals surface area contributed by atoms with E-state index < -0.39 is 23.5 Å². The van der Waals surface area contributed by atoms with E-state index in [9.17, 15) is 14.4 Å². The molecule has 2 amide bonds. The topological polar surface area (TPSA) is 107 Å². The van der Waals surface area contributed by atoms with Crippen molar-refractivity contribution < 1.29 is 23.9 Å². The van der Waals surface area contributed by atoms with Crippen molar-refractivity contribution in [2.45, 2.75) is 24.3 Å². The number of carbonyl (C=O) groups excluding carboxylic acids is 3. The molecular weight excluding hydrogens is 446 g/mol. The number of amides is 2. The van der Waals surface area contributed by atoms with E-state index in [1.165, 1.54) is 20.4 Å². The van der Waals surface area contributed by atoms with E-state index in [-0.39, 0.29) is 5.92 Å². The summed E-state index contributed by atoms with van der Waals surface area (Å²) in [5.74, 6) is -0.958. The smallest absolute Gasteiger partial charge is 0.337 e. The number of methoxy groups -OCH3 is 2. The summed E-state index contributed by atoms with van der Waals surface area (Å²) >= 11 is 6.30. The van der Waals surface area contributed by atoms with E-state index >= 15 is 0 Å². The lowest BCUT2D eigenvalue weighted by molar-refractivity contribution is -0.152. The molecule has 0 spiro atoms. The van der Waals surface area contributed by atoms with Crippen LogP contribution in [0.15, 0.2) is 54.9 Å². The fourth-order valence-electron chi connectivity index (χ4n) is 4.21. The van der Waals surface area contributed by atoms with Crippen molar-refractivity contribution >= 4 is 46.0 Å². The third-order valence-electron chi connectivity index (χ3n) is 5.89. The number of halogens is 1. The summed E-state index contributed by atoms with van der Waals surface area (Å²) in [7, 11) is 2.60. The van der Waals surface area contributed by atoms with Crippen molar-refractivity contribution in [1.82, 2.24) is 10.3 Å². The Morgan fingerprint density at radius 2 is 1.82 bits per heavy atom. The van der Waals surface area contributed by atoms with Crippen LogP contribution >= 0.6 is 11.6 Å². The lowest BCUT2D eigenvalue weighted by Gasteiger charge is -2.45. The lowest BCUT2D eigenvalue weighted by atomic mass is 9.65. The Labute approximate surface area is 195 Å². The van der Waals surface area contributed by atoms with E-state index in [2.05, 4.69) is 15.6 Å². The number of hydrogen-bond donors (Lipinski definition) is 2. The van der Waals surface area contributed by atoms with Crippen LogP contribution in [0.3, 0.4) is 0 Å². The Morgan fingerprint density at radius 1 is 1.06 bits per heavy atom. The summed E-state index contributed by atoms with van der Waals surface area (Å²) in [5.41, 5.74) is 0.584. The Bertz CT molecular complexity index is 1240. The van der Waals surface area contributed by atoms with Gasteiger partial charge in [0.15, 0.2) is 0 Å². The normalized spacial score (nSPS) is 19.3. The number of anilines is 1. The number of ether oxygens (including phenoxy) is 2. The Kier molecular flexibility index (Phi) is 6.20. The molecule has 8 nitrogen and oxygen atoms in total. The van der Waals surface area contributed by atoms with Gasteiger partial charge in [0.25, 0.3) is 0 Å². The van der Waals surface area contributed by atoms with Crippen LogP contribution < -0.4 is 10.6 Å². The first-order chi connectivity index (χ1) is 15.9. The van der Waals surface area contributed by atoms with Gasteiger partial charge in [0, 0.05) is 22.0 Å². The number of fused-ring (bicyclic) bond motifs is 1. The molecule has 1 aliphatic carbocycles. The first-order valence-electron chi connectivity index (χ1n) is 10.2. The zero-order valence-corrected chi connectivity index (χ0v) is 18.8. The van der Waals surface area contributed by atoms with E-state index in [1.807, 2.05) is 18.2 Å². The van der Waals surface area contributed by atoms with Gasteiger partial charge in [-0.1, -0.05) is 35.9 Å². The molecule has 9 heteroatoms. The van der Waals surface area contributed by atoms with Crippen molar-refractivity contribution in [3.63, 3.8) is 0 Å². The molecule has 1 aromatic heterocycles. The van der Waals surface area contributed by atoms with Gasteiger partial charge in [-0.15, -0.1) is 0 Å². The van der Waals surface area contributed by atoms with Crippen LogP contribution in [0.4, 0.5) is 10.5 Å². The SMILES string of the molecule is COC(=O)c1ccc2c(NC(=O)NC3(C(=O)OC)CC(c4ccccc4Cl)C3)cncc2c1. The largest absolute Gasteiger partial charge is 0.467 e. The van der Waals surface area contributed by atoms with Crippen molar-refractivity contribution in [3.8, 4) is 0 Å². The van der Waals surface area contributed by atoms with Crippen LogP contribution in [-0.2, 0) is 14.3 Å². The molecule has 1 saturated carbocycles. The fraction of sp³-hybridized carbons (Fsp3) is 0.250. The number of nitrogens with one attached hydrogen (secondary N) is 2. The summed E-state index contributed by atoms with van der Waals surface area (Å²) in [6.45, 7) is 0. The molecule has 1 heterocycles. The molecule has 4 rings (SSSR count). The van der Waals surface area contributed by atoms with Crippen LogP contribution in [0.5, 0.6) is 0 Å². The minimum atomic E-state index is -1.15. The maximum Gasteiger partial charge on any atom is 0.337 e. The van der Waals surface area contributed by atoms with Crippen LogP contribution in [0.2, 0.25) is 5.02 Å². The number of aromatic nitrogens is 1. The first kappa shape index (κ1) is 22.5. The summed E-state index contributed by atoms with van der Waals surface area (Å²) < 4.78 is 9.71. The van der Waals surface area contributed by atoms with Crippen molar-refractivity contribution in [2.24, 2.45) is 0 Å². The van der Waals surface area contributed by atoms with Gasteiger partial charge in [0.1, 0.15) is 5.54 Å². The molecule has 0 unspecified atom stereocenters. The Hall–Kier alpha value is -3.65. The highest BCUT2D eigenvalue weighted by atomic mass is 35.5. The van der Waals surface area contributed by atoms with Crippen molar-refractivity contribution in [3.05, 3.63) is 71.0 Å². The van der Waals surface area contributed by atoms with Crippen molar-refractivity contribution in [2.75, 3.05) is 19.5 Å². The molecule has 0 radical (unpaired) electrons. The van der Waals surface area contributed by atoms with Crippen molar-refractivity contribution in [1.29, 1.82) is 0 Å². The number of urea groups is 1. The van der Waals surface area contributed by atoms with Gasteiger partial charge < -0.3 is 20.1 Å². The molecule has 1 fully saturated rings. The number of benzene rings is 2. The third-order valence-corrected chi connectivity index (χ3v) is 6.24. The number of hydrogen-bond acceptors (Lipinski definition) is 6.